The summed E-state index contributed by atoms with van der Waals surface area (Å²) in [5, 5.41) is 9.18. The largest absolute Gasteiger partial charge is 0.494 e. The second-order valence-corrected chi connectivity index (χ2v) is 8.80. The number of aromatic amines is 1. The van der Waals surface area contributed by atoms with Crippen molar-refractivity contribution in [1.29, 1.82) is 0 Å². The minimum Gasteiger partial charge on any atom is -0.494 e. The van der Waals surface area contributed by atoms with Crippen LogP contribution in [0.5, 0.6) is 5.75 Å². The van der Waals surface area contributed by atoms with E-state index >= 15 is 0 Å². The Hall–Kier alpha value is -4.13. The third-order valence-corrected chi connectivity index (χ3v) is 6.49. The van der Waals surface area contributed by atoms with Gasteiger partial charge in [-0.05, 0) is 73.9 Å². The molecule has 1 unspecified atom stereocenters. The number of carboxylic acids is 1. The number of ether oxygens (including phenoxy) is 1. The number of carbonyl (C=O) groups is 2. The van der Waals surface area contributed by atoms with Gasteiger partial charge in [-0.3, -0.25) is 4.79 Å². The molecule has 4 aromatic rings. The van der Waals surface area contributed by atoms with Crippen LogP contribution >= 0.6 is 0 Å². The monoisotopic (exact) mass is 469 g/mol. The van der Waals surface area contributed by atoms with E-state index in [1.165, 1.54) is 0 Å². The minimum atomic E-state index is -0.973. The van der Waals surface area contributed by atoms with E-state index in [9.17, 15) is 14.7 Å². The van der Waals surface area contributed by atoms with Gasteiger partial charge in [0, 0.05) is 30.1 Å². The predicted octanol–water partition coefficient (Wildman–Crippen LogP) is 5.39. The molecule has 0 radical (unpaired) electrons. The van der Waals surface area contributed by atoms with E-state index < -0.39 is 5.97 Å². The molecule has 178 valence electrons. The molecule has 0 bridgehead atoms. The molecule has 35 heavy (non-hydrogen) atoms. The Morgan fingerprint density at radius 1 is 1.00 bits per heavy atom. The molecule has 7 nitrogen and oxygen atoms in total. The molecular weight excluding hydrogens is 442 g/mol. The SMILES string of the molecule is O=C(O)c1ccc2[nH]c(-c3ccc(OCCC4CCCCN4C(=O)c4ccccc4)cc3)nc2c1. The second-order valence-electron chi connectivity index (χ2n) is 8.80. The lowest BCUT2D eigenvalue weighted by molar-refractivity contribution is 0.0580. The summed E-state index contributed by atoms with van der Waals surface area (Å²) in [6.45, 7) is 1.32. The standard InChI is InChI=1S/C28H27N3O4/c32-27(20-6-2-1-3-7-20)31-16-5-4-8-22(31)15-17-35-23-12-9-19(10-13-23)26-29-24-14-11-21(28(33)34)18-25(24)30-26/h1-3,6-7,9-14,18,22H,4-5,8,15-17H2,(H,29,30)(H,33,34). The van der Waals surface area contributed by atoms with Crippen LogP contribution < -0.4 is 4.74 Å². The lowest BCUT2D eigenvalue weighted by Crippen LogP contribution is -2.44. The van der Waals surface area contributed by atoms with Crippen LogP contribution in [0.25, 0.3) is 22.4 Å². The number of hydrogen-bond acceptors (Lipinski definition) is 4. The van der Waals surface area contributed by atoms with Gasteiger partial charge < -0.3 is 19.7 Å². The molecule has 0 saturated carbocycles. The van der Waals surface area contributed by atoms with Crippen LogP contribution in [0.2, 0.25) is 0 Å². The first kappa shape index (κ1) is 22.7. The van der Waals surface area contributed by atoms with Crippen LogP contribution in [0.1, 0.15) is 46.4 Å². The van der Waals surface area contributed by atoms with Crippen LogP contribution in [0.15, 0.2) is 72.8 Å². The van der Waals surface area contributed by atoms with Crippen LogP contribution in [0, 0.1) is 0 Å². The summed E-state index contributed by atoms with van der Waals surface area (Å²) in [5.74, 6) is 0.556. The van der Waals surface area contributed by atoms with Crippen LogP contribution in [-0.2, 0) is 0 Å². The second kappa shape index (κ2) is 10.0. The Bertz CT molecular complexity index is 1330. The number of benzene rings is 3. The van der Waals surface area contributed by atoms with E-state index in [1.54, 1.807) is 18.2 Å². The molecule has 1 aromatic heterocycles. The molecular formula is C28H27N3O4. The normalized spacial score (nSPS) is 15.8. The summed E-state index contributed by atoms with van der Waals surface area (Å²) in [5.41, 5.74) is 3.23. The summed E-state index contributed by atoms with van der Waals surface area (Å²) in [6.07, 6.45) is 3.95. The highest BCUT2D eigenvalue weighted by atomic mass is 16.5. The van der Waals surface area contributed by atoms with E-state index in [4.69, 9.17) is 4.74 Å². The maximum atomic E-state index is 13.0. The number of amides is 1. The quantitative estimate of drug-likeness (QED) is 0.378. The van der Waals surface area contributed by atoms with Crippen molar-refractivity contribution in [1.82, 2.24) is 14.9 Å². The molecule has 7 heteroatoms. The third-order valence-electron chi connectivity index (χ3n) is 6.49. The number of piperidine rings is 1. The first-order chi connectivity index (χ1) is 17.1. The molecule has 2 N–H and O–H groups in total. The molecule has 1 atom stereocenters. The average molecular weight is 470 g/mol. The molecule has 0 spiro atoms. The van der Waals surface area contributed by atoms with Gasteiger partial charge >= 0.3 is 5.97 Å². The predicted molar refractivity (Wildman–Crippen MR) is 134 cm³/mol. The van der Waals surface area contributed by atoms with Gasteiger partial charge in [-0.15, -0.1) is 0 Å². The van der Waals surface area contributed by atoms with Gasteiger partial charge in [0.25, 0.3) is 5.91 Å². The number of H-pyrrole nitrogens is 1. The highest BCUT2D eigenvalue weighted by Gasteiger charge is 2.27. The van der Waals surface area contributed by atoms with E-state index in [0.29, 0.717) is 17.9 Å². The highest BCUT2D eigenvalue weighted by molar-refractivity contribution is 5.94. The van der Waals surface area contributed by atoms with Crippen molar-refractivity contribution in [3.63, 3.8) is 0 Å². The number of carbonyl (C=O) groups excluding carboxylic acids is 1. The molecule has 1 amide bonds. The van der Waals surface area contributed by atoms with Crippen molar-refractivity contribution in [2.24, 2.45) is 0 Å². The number of likely N-dealkylation sites (tertiary alicyclic amines) is 1. The first-order valence-corrected chi connectivity index (χ1v) is 11.9. The molecule has 1 aliphatic rings. The van der Waals surface area contributed by atoms with Gasteiger partial charge in [0.2, 0.25) is 0 Å². The summed E-state index contributed by atoms with van der Waals surface area (Å²) in [6, 6.07) is 22.2. The molecule has 1 aliphatic heterocycles. The van der Waals surface area contributed by atoms with Gasteiger partial charge in [0.15, 0.2) is 0 Å². The lowest BCUT2D eigenvalue weighted by atomic mass is 9.98. The molecule has 0 aliphatic carbocycles. The number of fused-ring (bicyclic) bond motifs is 1. The van der Waals surface area contributed by atoms with Crippen molar-refractivity contribution in [3.8, 4) is 17.1 Å². The Morgan fingerprint density at radius 3 is 2.57 bits per heavy atom. The Kier molecular flexibility index (Phi) is 6.48. The van der Waals surface area contributed by atoms with Crippen LogP contribution in [0.4, 0.5) is 0 Å². The van der Waals surface area contributed by atoms with Crippen LogP contribution in [-0.4, -0.2) is 51.0 Å². The van der Waals surface area contributed by atoms with Gasteiger partial charge in [-0.2, -0.15) is 0 Å². The molecule has 1 saturated heterocycles. The zero-order valence-corrected chi connectivity index (χ0v) is 19.3. The number of carboxylic acid groups (broad SMARTS) is 1. The van der Waals surface area contributed by atoms with Crippen molar-refractivity contribution in [2.45, 2.75) is 31.7 Å². The first-order valence-electron chi connectivity index (χ1n) is 11.9. The average Bonchev–Trinajstić information content (AvgIpc) is 3.33. The maximum Gasteiger partial charge on any atom is 0.335 e. The third kappa shape index (κ3) is 5.04. The number of aromatic carboxylic acids is 1. The fourth-order valence-electron chi connectivity index (χ4n) is 4.61. The van der Waals surface area contributed by atoms with E-state index in [1.807, 2.05) is 59.5 Å². The molecule has 5 rings (SSSR count). The van der Waals surface area contributed by atoms with E-state index in [2.05, 4.69) is 9.97 Å². The summed E-state index contributed by atoms with van der Waals surface area (Å²) < 4.78 is 6.00. The summed E-state index contributed by atoms with van der Waals surface area (Å²) in [7, 11) is 0. The molecule has 1 fully saturated rings. The number of nitrogens with zero attached hydrogens (tertiary/aromatic N) is 2. The van der Waals surface area contributed by atoms with Gasteiger partial charge in [-0.1, -0.05) is 18.2 Å². The Balaban J connectivity index is 1.20. The lowest BCUT2D eigenvalue weighted by Gasteiger charge is -2.36. The number of imidazole rings is 1. The van der Waals surface area contributed by atoms with Gasteiger partial charge in [-0.25, -0.2) is 9.78 Å². The molecule has 2 heterocycles. The van der Waals surface area contributed by atoms with Crippen LogP contribution in [0.3, 0.4) is 0 Å². The highest BCUT2D eigenvalue weighted by Crippen LogP contribution is 2.25. The summed E-state index contributed by atoms with van der Waals surface area (Å²) in [4.78, 5) is 33.9. The minimum absolute atomic E-state index is 0.0981. The fourth-order valence-corrected chi connectivity index (χ4v) is 4.61. The van der Waals surface area contributed by atoms with Crippen molar-refractivity contribution in [2.75, 3.05) is 13.2 Å². The van der Waals surface area contributed by atoms with Gasteiger partial charge in [0.1, 0.15) is 11.6 Å². The number of rotatable bonds is 7. The van der Waals surface area contributed by atoms with Gasteiger partial charge in [0.05, 0.1) is 23.2 Å². The summed E-state index contributed by atoms with van der Waals surface area (Å²) >= 11 is 0. The number of nitrogens with one attached hydrogen (secondary N) is 1. The van der Waals surface area contributed by atoms with E-state index in [-0.39, 0.29) is 17.5 Å². The fraction of sp³-hybridized carbons (Fsp3) is 0.250. The number of hydrogen-bond donors (Lipinski definition) is 2. The maximum absolute atomic E-state index is 13.0. The van der Waals surface area contributed by atoms with E-state index in [0.717, 1.165) is 54.6 Å². The Labute approximate surface area is 203 Å². The smallest absolute Gasteiger partial charge is 0.335 e. The topological polar surface area (TPSA) is 95.5 Å². The van der Waals surface area contributed by atoms with Crippen molar-refractivity contribution >= 4 is 22.9 Å². The zero-order chi connectivity index (χ0) is 24.2. The Morgan fingerprint density at radius 2 is 1.80 bits per heavy atom. The zero-order valence-electron chi connectivity index (χ0n) is 19.3. The number of aromatic nitrogens is 2. The molecule has 3 aromatic carbocycles. The van der Waals surface area contributed by atoms with Crippen molar-refractivity contribution < 1.29 is 19.4 Å². The van der Waals surface area contributed by atoms with Crippen molar-refractivity contribution in [3.05, 3.63) is 83.9 Å².